The number of rotatable bonds is 4. The molecule has 1 aromatic rings. The Morgan fingerprint density at radius 2 is 2.21 bits per heavy atom. The van der Waals surface area contributed by atoms with Crippen LogP contribution in [0.4, 0.5) is 8.78 Å². The number of halogens is 2. The van der Waals surface area contributed by atoms with Gasteiger partial charge in [-0.15, -0.1) is 0 Å². The number of carbonyl (C=O) groups excluding carboxylic acids is 1. The normalized spacial score (nSPS) is 19.2. The molecule has 1 aromatic carbocycles. The minimum absolute atomic E-state index is 0.0230. The Kier molecular flexibility index (Phi) is 4.85. The van der Waals surface area contributed by atoms with Crippen molar-refractivity contribution in [3.05, 3.63) is 35.4 Å². The Balaban J connectivity index is 1.81. The van der Waals surface area contributed by atoms with E-state index in [2.05, 4.69) is 10.6 Å². The molecule has 0 saturated carbocycles. The molecule has 0 aliphatic carbocycles. The first-order valence-electron chi connectivity index (χ1n) is 6.59. The van der Waals surface area contributed by atoms with Gasteiger partial charge in [-0.1, -0.05) is 6.42 Å². The second-order valence-corrected chi connectivity index (χ2v) is 4.86. The fourth-order valence-corrected chi connectivity index (χ4v) is 2.27. The molecule has 3 nitrogen and oxygen atoms in total. The maximum Gasteiger partial charge on any atom is 0.221 e. The van der Waals surface area contributed by atoms with Crippen molar-refractivity contribution in [1.82, 2.24) is 10.6 Å². The van der Waals surface area contributed by atoms with Crippen molar-refractivity contribution in [1.29, 1.82) is 0 Å². The molecular formula is C14H18F2N2O. The van der Waals surface area contributed by atoms with Crippen LogP contribution in [0.15, 0.2) is 18.2 Å². The van der Waals surface area contributed by atoms with Crippen LogP contribution in [-0.2, 0) is 11.3 Å². The van der Waals surface area contributed by atoms with Crippen molar-refractivity contribution in [3.8, 4) is 0 Å². The molecule has 2 N–H and O–H groups in total. The average molecular weight is 268 g/mol. The van der Waals surface area contributed by atoms with Gasteiger partial charge in [-0.25, -0.2) is 8.78 Å². The Labute approximate surface area is 111 Å². The topological polar surface area (TPSA) is 41.1 Å². The molecule has 1 amide bonds. The number of hydrogen-bond acceptors (Lipinski definition) is 2. The van der Waals surface area contributed by atoms with E-state index >= 15 is 0 Å². The van der Waals surface area contributed by atoms with E-state index in [1.807, 2.05) is 0 Å². The summed E-state index contributed by atoms with van der Waals surface area (Å²) in [7, 11) is 0. The summed E-state index contributed by atoms with van der Waals surface area (Å²) >= 11 is 0. The maximum atomic E-state index is 13.3. The standard InChI is InChI=1S/C14H18F2N2O/c15-11-4-5-13(16)10(7-11)9-18-14(19)8-12-3-1-2-6-17-12/h4-5,7,12,17H,1-3,6,8-9H2,(H,18,19). The van der Waals surface area contributed by atoms with Gasteiger partial charge in [0.25, 0.3) is 0 Å². The molecule has 0 aromatic heterocycles. The number of hydrogen-bond donors (Lipinski definition) is 2. The van der Waals surface area contributed by atoms with Crippen molar-refractivity contribution in [2.75, 3.05) is 6.54 Å². The highest BCUT2D eigenvalue weighted by molar-refractivity contribution is 5.76. The summed E-state index contributed by atoms with van der Waals surface area (Å²) < 4.78 is 26.3. The van der Waals surface area contributed by atoms with Gasteiger partial charge in [0.15, 0.2) is 0 Å². The van der Waals surface area contributed by atoms with E-state index in [1.165, 1.54) is 0 Å². The van der Waals surface area contributed by atoms with E-state index < -0.39 is 11.6 Å². The molecule has 1 aliphatic rings. The van der Waals surface area contributed by atoms with Crippen molar-refractivity contribution >= 4 is 5.91 Å². The molecule has 0 bridgehead atoms. The zero-order valence-corrected chi connectivity index (χ0v) is 10.7. The van der Waals surface area contributed by atoms with Gasteiger partial charge in [-0.2, -0.15) is 0 Å². The van der Waals surface area contributed by atoms with Crippen LogP contribution in [0.1, 0.15) is 31.2 Å². The van der Waals surface area contributed by atoms with Gasteiger partial charge < -0.3 is 10.6 Å². The lowest BCUT2D eigenvalue weighted by Gasteiger charge is -2.22. The third kappa shape index (κ3) is 4.28. The summed E-state index contributed by atoms with van der Waals surface area (Å²) in [6, 6.07) is 3.44. The highest BCUT2D eigenvalue weighted by Gasteiger charge is 2.16. The fraction of sp³-hybridized carbons (Fsp3) is 0.500. The van der Waals surface area contributed by atoms with E-state index in [9.17, 15) is 13.6 Å². The Bertz CT molecular complexity index is 445. The van der Waals surface area contributed by atoms with Gasteiger partial charge in [0.1, 0.15) is 11.6 Å². The molecule has 19 heavy (non-hydrogen) atoms. The van der Waals surface area contributed by atoms with Crippen LogP contribution in [0.3, 0.4) is 0 Å². The average Bonchev–Trinajstić information content (AvgIpc) is 2.41. The van der Waals surface area contributed by atoms with Crippen LogP contribution in [0, 0.1) is 11.6 Å². The Hall–Kier alpha value is -1.49. The van der Waals surface area contributed by atoms with Gasteiger partial charge in [-0.05, 0) is 37.6 Å². The van der Waals surface area contributed by atoms with Crippen LogP contribution in [-0.4, -0.2) is 18.5 Å². The minimum atomic E-state index is -0.502. The molecule has 1 fully saturated rings. The number of piperidine rings is 1. The van der Waals surface area contributed by atoms with Crippen molar-refractivity contribution in [3.63, 3.8) is 0 Å². The Morgan fingerprint density at radius 1 is 1.37 bits per heavy atom. The first-order valence-corrected chi connectivity index (χ1v) is 6.59. The van der Waals surface area contributed by atoms with Gasteiger partial charge in [0, 0.05) is 24.6 Å². The highest BCUT2D eigenvalue weighted by Crippen LogP contribution is 2.11. The highest BCUT2D eigenvalue weighted by atomic mass is 19.1. The molecule has 0 radical (unpaired) electrons. The molecule has 0 spiro atoms. The first-order chi connectivity index (χ1) is 9.15. The number of amides is 1. The van der Waals surface area contributed by atoms with Gasteiger partial charge in [0.2, 0.25) is 5.91 Å². The SMILES string of the molecule is O=C(CC1CCCCN1)NCc1cc(F)ccc1F. The van der Waals surface area contributed by atoms with Crippen LogP contribution in [0.5, 0.6) is 0 Å². The second kappa shape index (κ2) is 6.61. The Morgan fingerprint density at radius 3 is 2.95 bits per heavy atom. The van der Waals surface area contributed by atoms with Crippen LogP contribution in [0.2, 0.25) is 0 Å². The van der Waals surface area contributed by atoms with E-state index in [0.29, 0.717) is 6.42 Å². The zero-order valence-electron chi connectivity index (χ0n) is 10.7. The smallest absolute Gasteiger partial charge is 0.221 e. The summed E-state index contributed by atoms with van der Waals surface area (Å²) in [4.78, 5) is 11.7. The second-order valence-electron chi connectivity index (χ2n) is 4.86. The van der Waals surface area contributed by atoms with Crippen molar-refractivity contribution < 1.29 is 13.6 Å². The fourth-order valence-electron chi connectivity index (χ4n) is 2.27. The van der Waals surface area contributed by atoms with Crippen LogP contribution in [0.25, 0.3) is 0 Å². The van der Waals surface area contributed by atoms with Crippen molar-refractivity contribution in [2.45, 2.75) is 38.3 Å². The number of nitrogens with one attached hydrogen (secondary N) is 2. The lowest BCUT2D eigenvalue weighted by molar-refractivity contribution is -0.121. The van der Waals surface area contributed by atoms with Gasteiger partial charge in [-0.3, -0.25) is 4.79 Å². The van der Waals surface area contributed by atoms with E-state index in [1.54, 1.807) is 0 Å². The molecule has 1 aliphatic heterocycles. The summed E-state index contributed by atoms with van der Waals surface area (Å²) in [6.07, 6.45) is 3.65. The monoisotopic (exact) mass is 268 g/mol. The van der Waals surface area contributed by atoms with Crippen LogP contribution >= 0.6 is 0 Å². The molecule has 2 rings (SSSR count). The van der Waals surface area contributed by atoms with Crippen molar-refractivity contribution in [2.24, 2.45) is 0 Å². The van der Waals surface area contributed by atoms with E-state index in [-0.39, 0.29) is 24.1 Å². The zero-order chi connectivity index (χ0) is 13.7. The number of carbonyl (C=O) groups is 1. The van der Waals surface area contributed by atoms with Gasteiger partial charge in [0.05, 0.1) is 0 Å². The van der Waals surface area contributed by atoms with Crippen LogP contribution < -0.4 is 10.6 Å². The quantitative estimate of drug-likeness (QED) is 0.878. The van der Waals surface area contributed by atoms with E-state index in [4.69, 9.17) is 0 Å². The predicted octanol–water partition coefficient (Wildman–Crippen LogP) is 2.11. The minimum Gasteiger partial charge on any atom is -0.352 e. The van der Waals surface area contributed by atoms with E-state index in [0.717, 1.165) is 44.0 Å². The summed E-state index contributed by atoms with van der Waals surface area (Å²) in [6.45, 7) is 0.964. The summed E-state index contributed by atoms with van der Waals surface area (Å²) in [5.41, 5.74) is 0.171. The molecule has 1 atom stereocenters. The van der Waals surface area contributed by atoms with Gasteiger partial charge >= 0.3 is 0 Å². The molecule has 5 heteroatoms. The molecular weight excluding hydrogens is 250 g/mol. The molecule has 1 unspecified atom stereocenters. The molecule has 104 valence electrons. The first kappa shape index (κ1) is 13.9. The predicted molar refractivity (Wildman–Crippen MR) is 68.5 cm³/mol. The maximum absolute atomic E-state index is 13.3. The molecule has 1 saturated heterocycles. The lowest BCUT2D eigenvalue weighted by atomic mass is 10.0. The lowest BCUT2D eigenvalue weighted by Crippen LogP contribution is -2.38. The summed E-state index contributed by atoms with van der Waals surface area (Å²) in [5, 5.41) is 5.90. The third-order valence-corrected chi connectivity index (χ3v) is 3.33. The third-order valence-electron chi connectivity index (χ3n) is 3.33. The largest absolute Gasteiger partial charge is 0.352 e. The summed E-state index contributed by atoms with van der Waals surface area (Å²) in [5.74, 6) is -1.14. The molecule has 1 heterocycles. The number of benzene rings is 1.